The van der Waals surface area contributed by atoms with Crippen LogP contribution in [0.5, 0.6) is 0 Å². The molecule has 1 aliphatic rings. The molecule has 0 bridgehead atoms. The van der Waals surface area contributed by atoms with Crippen molar-refractivity contribution in [2.75, 3.05) is 5.73 Å². The molecule has 1 saturated carbocycles. The minimum Gasteiger partial charge on any atom is -0.383 e. The largest absolute Gasteiger partial charge is 0.383 e. The highest BCUT2D eigenvalue weighted by atomic mass is 32.1. The summed E-state index contributed by atoms with van der Waals surface area (Å²) in [5, 5.41) is 2.76. The van der Waals surface area contributed by atoms with Gasteiger partial charge in [0.05, 0.1) is 0 Å². The Bertz CT molecular complexity index is 455. The molecule has 14 heavy (non-hydrogen) atoms. The molecule has 4 nitrogen and oxygen atoms in total. The topological polar surface area (TPSA) is 56.7 Å². The number of imidazole rings is 1. The van der Waals surface area contributed by atoms with Gasteiger partial charge in [0.1, 0.15) is 5.82 Å². The van der Waals surface area contributed by atoms with Crippen LogP contribution in [0.2, 0.25) is 0 Å². The minimum absolute atomic E-state index is 0.579. The molecule has 2 heterocycles. The van der Waals surface area contributed by atoms with E-state index < -0.39 is 0 Å². The Morgan fingerprint density at radius 1 is 1.50 bits per heavy atom. The molecule has 0 atom stereocenters. The van der Waals surface area contributed by atoms with Gasteiger partial charge >= 0.3 is 0 Å². The summed E-state index contributed by atoms with van der Waals surface area (Å²) < 4.78 is 2.19. The van der Waals surface area contributed by atoms with E-state index in [1.165, 1.54) is 12.8 Å². The molecule has 0 spiro atoms. The van der Waals surface area contributed by atoms with Gasteiger partial charge < -0.3 is 10.3 Å². The maximum absolute atomic E-state index is 5.59. The van der Waals surface area contributed by atoms with Gasteiger partial charge in [0, 0.05) is 23.8 Å². The molecule has 0 aromatic carbocycles. The van der Waals surface area contributed by atoms with Crippen LogP contribution in [0.1, 0.15) is 18.9 Å². The van der Waals surface area contributed by atoms with Crippen LogP contribution >= 0.6 is 11.3 Å². The highest BCUT2D eigenvalue weighted by molar-refractivity contribution is 7.13. The molecule has 1 aliphatic carbocycles. The van der Waals surface area contributed by atoms with Gasteiger partial charge in [0.2, 0.25) is 0 Å². The van der Waals surface area contributed by atoms with Crippen molar-refractivity contribution in [1.29, 1.82) is 0 Å². The van der Waals surface area contributed by atoms with Crippen molar-refractivity contribution in [3.05, 3.63) is 17.8 Å². The Labute approximate surface area is 85.4 Å². The smallest absolute Gasteiger partial charge is 0.169 e. The van der Waals surface area contributed by atoms with Gasteiger partial charge in [-0.15, -0.1) is 11.3 Å². The zero-order chi connectivity index (χ0) is 9.54. The Morgan fingerprint density at radius 3 is 3.00 bits per heavy atom. The summed E-state index contributed by atoms with van der Waals surface area (Å²) in [6, 6.07) is 0.637. The quantitative estimate of drug-likeness (QED) is 0.816. The first-order valence-electron chi connectivity index (χ1n) is 4.59. The first kappa shape index (κ1) is 7.99. The number of hydrogen-bond donors (Lipinski definition) is 1. The summed E-state index contributed by atoms with van der Waals surface area (Å²) in [7, 11) is 0. The van der Waals surface area contributed by atoms with E-state index in [4.69, 9.17) is 5.73 Å². The lowest BCUT2D eigenvalue weighted by atomic mass is 10.5. The van der Waals surface area contributed by atoms with Gasteiger partial charge in [0.25, 0.3) is 0 Å². The highest BCUT2D eigenvalue weighted by Crippen LogP contribution is 2.38. The maximum Gasteiger partial charge on any atom is 0.169 e. The molecule has 2 aromatic heterocycles. The van der Waals surface area contributed by atoms with E-state index in [1.807, 2.05) is 17.8 Å². The number of nitrogens with zero attached hydrogens (tertiary/aromatic N) is 3. The number of aromatic nitrogens is 3. The van der Waals surface area contributed by atoms with Crippen molar-refractivity contribution in [2.45, 2.75) is 18.9 Å². The van der Waals surface area contributed by atoms with Crippen LogP contribution in [0.3, 0.4) is 0 Å². The highest BCUT2D eigenvalue weighted by Gasteiger charge is 2.26. The van der Waals surface area contributed by atoms with Gasteiger partial charge in [-0.3, -0.25) is 0 Å². The molecule has 3 rings (SSSR count). The third kappa shape index (κ3) is 1.21. The second-order valence-electron chi connectivity index (χ2n) is 3.47. The molecule has 72 valence electrons. The second-order valence-corrected chi connectivity index (χ2v) is 4.32. The first-order valence-corrected chi connectivity index (χ1v) is 5.47. The monoisotopic (exact) mass is 206 g/mol. The van der Waals surface area contributed by atoms with E-state index >= 15 is 0 Å². The fourth-order valence-electron chi connectivity index (χ4n) is 1.51. The van der Waals surface area contributed by atoms with Gasteiger partial charge in [-0.1, -0.05) is 0 Å². The predicted octanol–water partition coefficient (Wildman–Crippen LogP) is 1.92. The van der Waals surface area contributed by atoms with Crippen molar-refractivity contribution in [3.8, 4) is 10.8 Å². The van der Waals surface area contributed by atoms with E-state index in [0.29, 0.717) is 11.9 Å². The van der Waals surface area contributed by atoms with Crippen molar-refractivity contribution in [2.24, 2.45) is 0 Å². The summed E-state index contributed by atoms with van der Waals surface area (Å²) in [6.45, 7) is 0. The average molecular weight is 206 g/mol. The van der Waals surface area contributed by atoms with Gasteiger partial charge in [0.15, 0.2) is 10.8 Å². The lowest BCUT2D eigenvalue weighted by Gasteiger charge is -2.01. The third-order valence-corrected chi connectivity index (χ3v) is 3.18. The summed E-state index contributed by atoms with van der Waals surface area (Å²) in [5.41, 5.74) is 5.59. The van der Waals surface area contributed by atoms with E-state index in [9.17, 15) is 0 Å². The summed E-state index contributed by atoms with van der Waals surface area (Å²) in [6.07, 6.45) is 6.35. The van der Waals surface area contributed by atoms with Crippen molar-refractivity contribution in [3.63, 3.8) is 0 Å². The van der Waals surface area contributed by atoms with E-state index in [2.05, 4.69) is 14.5 Å². The van der Waals surface area contributed by atoms with Crippen LogP contribution in [-0.2, 0) is 0 Å². The zero-order valence-electron chi connectivity index (χ0n) is 7.55. The zero-order valence-corrected chi connectivity index (χ0v) is 8.37. The number of anilines is 1. The summed E-state index contributed by atoms with van der Waals surface area (Å²) in [4.78, 5) is 8.55. The molecule has 0 saturated heterocycles. The fourth-order valence-corrected chi connectivity index (χ4v) is 2.22. The lowest BCUT2D eigenvalue weighted by Crippen LogP contribution is -1.95. The van der Waals surface area contributed by atoms with Crippen molar-refractivity contribution >= 4 is 17.2 Å². The SMILES string of the molecule is Nc1csc(-c2nccn2C2CC2)n1. The van der Waals surface area contributed by atoms with Gasteiger partial charge in [-0.05, 0) is 12.8 Å². The Hall–Kier alpha value is -1.36. The molecule has 0 aliphatic heterocycles. The average Bonchev–Trinajstić information content (AvgIpc) is 2.75. The Balaban J connectivity index is 2.06. The molecule has 0 radical (unpaired) electrons. The second kappa shape index (κ2) is 2.81. The van der Waals surface area contributed by atoms with Crippen LogP contribution in [0.15, 0.2) is 17.8 Å². The fraction of sp³-hybridized carbons (Fsp3) is 0.333. The number of hydrogen-bond acceptors (Lipinski definition) is 4. The molecule has 5 heteroatoms. The van der Waals surface area contributed by atoms with Crippen LogP contribution in [0.25, 0.3) is 10.8 Å². The lowest BCUT2D eigenvalue weighted by molar-refractivity contribution is 0.749. The van der Waals surface area contributed by atoms with Crippen LogP contribution < -0.4 is 5.73 Å². The first-order chi connectivity index (χ1) is 6.84. The van der Waals surface area contributed by atoms with Crippen LogP contribution in [0, 0.1) is 0 Å². The molecule has 1 fully saturated rings. The molecule has 0 unspecified atom stereocenters. The number of nitrogen functional groups attached to an aromatic ring is 1. The normalized spacial score (nSPS) is 16.0. The predicted molar refractivity (Wildman–Crippen MR) is 56.0 cm³/mol. The number of nitrogens with two attached hydrogens (primary N) is 1. The van der Waals surface area contributed by atoms with Gasteiger partial charge in [-0.2, -0.15) is 0 Å². The summed E-state index contributed by atoms with van der Waals surface area (Å²) in [5.74, 6) is 1.53. The van der Waals surface area contributed by atoms with Crippen molar-refractivity contribution < 1.29 is 0 Å². The Kier molecular flexibility index (Phi) is 1.61. The van der Waals surface area contributed by atoms with Crippen LogP contribution in [-0.4, -0.2) is 14.5 Å². The van der Waals surface area contributed by atoms with Crippen molar-refractivity contribution in [1.82, 2.24) is 14.5 Å². The van der Waals surface area contributed by atoms with E-state index in [-0.39, 0.29) is 0 Å². The number of thiazole rings is 1. The van der Waals surface area contributed by atoms with E-state index in [0.717, 1.165) is 10.8 Å². The molecule has 0 amide bonds. The standard InChI is InChI=1S/C9H10N4S/c10-7-5-14-9(12-7)8-11-3-4-13(8)6-1-2-6/h3-6H,1-2,10H2. The molecule has 2 aromatic rings. The van der Waals surface area contributed by atoms with E-state index in [1.54, 1.807) is 11.3 Å². The molecular formula is C9H10N4S. The minimum atomic E-state index is 0.579. The Morgan fingerprint density at radius 2 is 2.36 bits per heavy atom. The van der Waals surface area contributed by atoms with Gasteiger partial charge in [-0.25, -0.2) is 9.97 Å². The third-order valence-electron chi connectivity index (χ3n) is 2.32. The molecular weight excluding hydrogens is 196 g/mol. The number of rotatable bonds is 2. The maximum atomic E-state index is 5.59. The van der Waals surface area contributed by atoms with Crippen LogP contribution in [0.4, 0.5) is 5.82 Å². The molecule has 2 N–H and O–H groups in total. The summed E-state index contributed by atoms with van der Waals surface area (Å²) >= 11 is 1.55.